The van der Waals surface area contributed by atoms with Crippen LogP contribution in [0.15, 0.2) is 24.3 Å². The highest BCUT2D eigenvalue weighted by Crippen LogP contribution is 2.13. The molecule has 100 valence electrons. The van der Waals surface area contributed by atoms with Crippen LogP contribution in [0.2, 0.25) is 0 Å². The van der Waals surface area contributed by atoms with Crippen LogP contribution in [0.5, 0.6) is 5.75 Å². The molecule has 0 saturated carbocycles. The van der Waals surface area contributed by atoms with Crippen LogP contribution in [-0.2, 0) is 11.2 Å². The molecule has 4 nitrogen and oxygen atoms in total. The zero-order valence-electron chi connectivity index (χ0n) is 11.1. The fourth-order valence-corrected chi connectivity index (χ4v) is 1.86. The molecule has 1 aromatic rings. The lowest BCUT2D eigenvalue weighted by molar-refractivity contribution is -0.121. The molecule has 1 aromatic carbocycles. The highest BCUT2D eigenvalue weighted by Gasteiger charge is 2.10. The lowest BCUT2D eigenvalue weighted by Gasteiger charge is -2.15. The molecule has 0 aliphatic carbocycles. The zero-order valence-corrected chi connectivity index (χ0v) is 11.1. The van der Waals surface area contributed by atoms with E-state index in [-0.39, 0.29) is 11.9 Å². The lowest BCUT2D eigenvalue weighted by Crippen LogP contribution is -2.35. The van der Waals surface area contributed by atoms with Gasteiger partial charge in [-0.3, -0.25) is 4.79 Å². The van der Waals surface area contributed by atoms with E-state index in [2.05, 4.69) is 5.32 Å². The van der Waals surface area contributed by atoms with Crippen LogP contribution >= 0.6 is 0 Å². The molecule has 18 heavy (non-hydrogen) atoms. The molecule has 0 bridgehead atoms. The molecule has 4 heteroatoms. The van der Waals surface area contributed by atoms with Crippen LogP contribution in [0, 0.1) is 0 Å². The second-order valence-corrected chi connectivity index (χ2v) is 4.58. The molecule has 0 heterocycles. The van der Waals surface area contributed by atoms with E-state index in [0.29, 0.717) is 12.8 Å². The molecule has 2 N–H and O–H groups in total. The summed E-state index contributed by atoms with van der Waals surface area (Å²) in [4.78, 5) is 11.8. The maximum atomic E-state index is 11.8. The zero-order chi connectivity index (χ0) is 13.5. The van der Waals surface area contributed by atoms with Gasteiger partial charge in [0.15, 0.2) is 0 Å². The number of rotatable bonds is 6. The van der Waals surface area contributed by atoms with E-state index >= 15 is 0 Å². The van der Waals surface area contributed by atoms with Crippen molar-refractivity contribution < 1.29 is 14.6 Å². The fourth-order valence-electron chi connectivity index (χ4n) is 1.86. The van der Waals surface area contributed by atoms with Crippen molar-refractivity contribution >= 4 is 5.91 Å². The molecule has 0 spiro atoms. The Kier molecular flexibility index (Phi) is 5.65. The Balaban J connectivity index is 2.48. The summed E-state index contributed by atoms with van der Waals surface area (Å²) in [6.07, 6.45) is 0.475. The molecule has 0 aromatic heterocycles. The molecule has 0 aliphatic rings. The number of hydrogen-bond donors (Lipinski definition) is 2. The van der Waals surface area contributed by atoms with Crippen LogP contribution in [0.25, 0.3) is 0 Å². The van der Waals surface area contributed by atoms with Crippen molar-refractivity contribution in [2.24, 2.45) is 0 Å². The Hall–Kier alpha value is -1.55. The second kappa shape index (κ2) is 7.01. The van der Waals surface area contributed by atoms with Gasteiger partial charge in [-0.1, -0.05) is 12.1 Å². The third-order valence-corrected chi connectivity index (χ3v) is 2.60. The van der Waals surface area contributed by atoms with Crippen molar-refractivity contribution in [1.29, 1.82) is 0 Å². The van der Waals surface area contributed by atoms with Gasteiger partial charge in [-0.15, -0.1) is 0 Å². The Morgan fingerprint density at radius 1 is 1.44 bits per heavy atom. The van der Waals surface area contributed by atoms with E-state index in [1.165, 1.54) is 0 Å². The van der Waals surface area contributed by atoms with Crippen LogP contribution in [0.1, 0.15) is 25.8 Å². The minimum absolute atomic E-state index is 0.0249. The van der Waals surface area contributed by atoms with Crippen LogP contribution in [-0.4, -0.2) is 30.3 Å². The molecule has 0 saturated heterocycles. The molecular formula is C14H21NO3. The largest absolute Gasteiger partial charge is 0.497 e. The monoisotopic (exact) mass is 251 g/mol. The summed E-state index contributed by atoms with van der Waals surface area (Å²) in [5.41, 5.74) is 0.913. The molecule has 1 rings (SSSR count). The van der Waals surface area contributed by atoms with Crippen molar-refractivity contribution in [3.05, 3.63) is 29.8 Å². The van der Waals surface area contributed by atoms with Crippen molar-refractivity contribution in [2.75, 3.05) is 7.11 Å². The van der Waals surface area contributed by atoms with Crippen LogP contribution in [0.3, 0.4) is 0 Å². The van der Waals surface area contributed by atoms with Gasteiger partial charge in [0.2, 0.25) is 5.91 Å². The molecule has 0 fully saturated rings. The normalized spacial score (nSPS) is 13.8. The van der Waals surface area contributed by atoms with Crippen molar-refractivity contribution in [1.82, 2.24) is 5.32 Å². The van der Waals surface area contributed by atoms with E-state index in [9.17, 15) is 9.90 Å². The number of aliphatic hydroxyl groups excluding tert-OH is 1. The highest BCUT2D eigenvalue weighted by atomic mass is 16.5. The number of aliphatic hydroxyl groups is 1. The van der Waals surface area contributed by atoms with Gasteiger partial charge in [-0.25, -0.2) is 0 Å². The summed E-state index contributed by atoms with van der Waals surface area (Å²) >= 11 is 0. The smallest absolute Gasteiger partial charge is 0.224 e. The number of nitrogens with one attached hydrogen (secondary N) is 1. The standard InChI is InChI=1S/C14H21NO3/c1-10(7-11(2)16)15-14(17)9-12-5-4-6-13(8-12)18-3/h4-6,8,10-11,16H,7,9H2,1-3H3,(H,15,17). The quantitative estimate of drug-likeness (QED) is 0.805. The Morgan fingerprint density at radius 3 is 2.78 bits per heavy atom. The van der Waals surface area contributed by atoms with Crippen LogP contribution in [0.4, 0.5) is 0 Å². The van der Waals surface area contributed by atoms with Gasteiger partial charge in [0, 0.05) is 6.04 Å². The van der Waals surface area contributed by atoms with Gasteiger partial charge in [0.25, 0.3) is 0 Å². The number of methoxy groups -OCH3 is 1. The molecule has 0 aliphatic heterocycles. The molecule has 2 unspecified atom stereocenters. The fraction of sp³-hybridized carbons (Fsp3) is 0.500. The van der Waals surface area contributed by atoms with Crippen molar-refractivity contribution in [3.8, 4) is 5.75 Å². The van der Waals surface area contributed by atoms with Crippen LogP contribution < -0.4 is 10.1 Å². The maximum Gasteiger partial charge on any atom is 0.224 e. The number of carbonyl (C=O) groups is 1. The summed E-state index contributed by atoms with van der Waals surface area (Å²) in [7, 11) is 1.60. The maximum absolute atomic E-state index is 11.8. The van der Waals surface area contributed by atoms with E-state index in [1.807, 2.05) is 31.2 Å². The summed E-state index contributed by atoms with van der Waals surface area (Å²) < 4.78 is 5.11. The summed E-state index contributed by atoms with van der Waals surface area (Å²) in [5.74, 6) is 0.703. The number of ether oxygens (including phenoxy) is 1. The van der Waals surface area contributed by atoms with Crippen molar-refractivity contribution in [3.63, 3.8) is 0 Å². The summed E-state index contributed by atoms with van der Waals surface area (Å²) in [6.45, 7) is 3.60. The molecule has 2 atom stereocenters. The predicted molar refractivity (Wildman–Crippen MR) is 70.6 cm³/mol. The molecular weight excluding hydrogens is 230 g/mol. The Labute approximate surface area is 108 Å². The summed E-state index contributed by atoms with van der Waals surface area (Å²) in [6, 6.07) is 7.42. The minimum atomic E-state index is -0.405. The number of benzene rings is 1. The Morgan fingerprint density at radius 2 is 2.17 bits per heavy atom. The van der Waals surface area contributed by atoms with Crippen molar-refractivity contribution in [2.45, 2.75) is 38.8 Å². The molecule has 0 radical (unpaired) electrons. The topological polar surface area (TPSA) is 58.6 Å². The average Bonchev–Trinajstić information content (AvgIpc) is 2.27. The Bertz CT molecular complexity index is 390. The van der Waals surface area contributed by atoms with Gasteiger partial charge in [-0.05, 0) is 38.0 Å². The number of carbonyl (C=O) groups excluding carboxylic acids is 1. The average molecular weight is 251 g/mol. The lowest BCUT2D eigenvalue weighted by atomic mass is 10.1. The van der Waals surface area contributed by atoms with Gasteiger partial charge >= 0.3 is 0 Å². The predicted octanol–water partition coefficient (Wildman–Crippen LogP) is 1.51. The van der Waals surface area contributed by atoms with E-state index in [4.69, 9.17) is 4.74 Å². The summed E-state index contributed by atoms with van der Waals surface area (Å²) in [5, 5.41) is 12.1. The number of amides is 1. The minimum Gasteiger partial charge on any atom is -0.497 e. The van der Waals surface area contributed by atoms with Gasteiger partial charge < -0.3 is 15.2 Å². The number of hydrogen-bond acceptors (Lipinski definition) is 3. The SMILES string of the molecule is COc1cccc(CC(=O)NC(C)CC(C)O)c1. The highest BCUT2D eigenvalue weighted by molar-refractivity contribution is 5.78. The molecule has 1 amide bonds. The first-order chi connectivity index (χ1) is 8.51. The first-order valence-corrected chi connectivity index (χ1v) is 6.11. The first-order valence-electron chi connectivity index (χ1n) is 6.11. The van der Waals surface area contributed by atoms with Gasteiger partial charge in [-0.2, -0.15) is 0 Å². The third kappa shape index (κ3) is 5.19. The van der Waals surface area contributed by atoms with Gasteiger partial charge in [0.05, 0.1) is 19.6 Å². The van der Waals surface area contributed by atoms with E-state index in [0.717, 1.165) is 11.3 Å². The second-order valence-electron chi connectivity index (χ2n) is 4.58. The van der Waals surface area contributed by atoms with Gasteiger partial charge in [0.1, 0.15) is 5.75 Å². The third-order valence-electron chi connectivity index (χ3n) is 2.60. The van der Waals surface area contributed by atoms with E-state index < -0.39 is 6.10 Å². The van der Waals surface area contributed by atoms with E-state index in [1.54, 1.807) is 14.0 Å². The first kappa shape index (κ1) is 14.5.